The van der Waals surface area contributed by atoms with Crippen LogP contribution in [0.15, 0.2) is 36.5 Å². The zero-order valence-electron chi connectivity index (χ0n) is 16.5. The maximum atomic E-state index is 12.5. The predicted molar refractivity (Wildman–Crippen MR) is 109 cm³/mol. The number of benzene rings is 1. The van der Waals surface area contributed by atoms with Gasteiger partial charge in [-0.05, 0) is 43.5 Å². The number of hydrogen-bond donors (Lipinski definition) is 1. The summed E-state index contributed by atoms with van der Waals surface area (Å²) in [6.07, 6.45) is 4.25. The second-order valence-electron chi connectivity index (χ2n) is 7.56. The molecule has 0 saturated carbocycles. The molecular formula is C22H24N4O3. The quantitative estimate of drug-likeness (QED) is 0.763. The Morgan fingerprint density at radius 1 is 1.07 bits per heavy atom. The fourth-order valence-electron chi connectivity index (χ4n) is 3.76. The molecule has 0 spiro atoms. The van der Waals surface area contributed by atoms with Crippen LogP contribution in [0.2, 0.25) is 0 Å². The van der Waals surface area contributed by atoms with E-state index in [2.05, 4.69) is 15.2 Å². The molecule has 3 heterocycles. The van der Waals surface area contributed by atoms with Crippen LogP contribution in [0.5, 0.6) is 0 Å². The van der Waals surface area contributed by atoms with Crippen molar-refractivity contribution in [1.82, 2.24) is 15.2 Å². The highest BCUT2D eigenvalue weighted by molar-refractivity contribution is 6.21. The number of aromatic nitrogens is 1. The molecule has 1 saturated heterocycles. The van der Waals surface area contributed by atoms with Gasteiger partial charge in [-0.3, -0.25) is 19.3 Å². The minimum Gasteiger partial charge on any atom is -0.357 e. The Morgan fingerprint density at radius 2 is 1.83 bits per heavy atom. The second-order valence-corrected chi connectivity index (χ2v) is 7.56. The van der Waals surface area contributed by atoms with E-state index in [9.17, 15) is 14.4 Å². The molecule has 7 heteroatoms. The Bertz CT molecular complexity index is 949. The van der Waals surface area contributed by atoms with Gasteiger partial charge in [0.25, 0.3) is 11.8 Å². The summed E-state index contributed by atoms with van der Waals surface area (Å²) in [7, 11) is 0. The molecule has 7 nitrogen and oxygen atoms in total. The Kier molecular flexibility index (Phi) is 5.29. The first-order valence-corrected chi connectivity index (χ1v) is 9.96. The third-order valence-electron chi connectivity index (χ3n) is 5.42. The molecule has 0 unspecified atom stereocenters. The molecular weight excluding hydrogens is 368 g/mol. The number of pyridine rings is 1. The highest BCUT2D eigenvalue weighted by Crippen LogP contribution is 2.24. The number of nitrogens with zero attached hydrogens (tertiary/aromatic N) is 3. The Morgan fingerprint density at radius 3 is 2.55 bits per heavy atom. The first-order chi connectivity index (χ1) is 14.0. The van der Waals surface area contributed by atoms with Crippen LogP contribution in [-0.2, 0) is 11.3 Å². The smallest absolute Gasteiger partial charge is 0.261 e. The number of carbonyl (C=O) groups excluding carboxylic acids is 3. The molecule has 2 aliphatic rings. The molecule has 1 N–H and O–H groups in total. The maximum Gasteiger partial charge on any atom is 0.261 e. The molecule has 29 heavy (non-hydrogen) atoms. The molecule has 4 rings (SSSR count). The van der Waals surface area contributed by atoms with Crippen LogP contribution < -0.4 is 10.2 Å². The van der Waals surface area contributed by atoms with E-state index in [0.29, 0.717) is 17.7 Å². The summed E-state index contributed by atoms with van der Waals surface area (Å²) >= 11 is 0. The van der Waals surface area contributed by atoms with Gasteiger partial charge >= 0.3 is 0 Å². The highest BCUT2D eigenvalue weighted by atomic mass is 16.2. The molecule has 2 aromatic rings. The van der Waals surface area contributed by atoms with Crippen molar-refractivity contribution in [3.63, 3.8) is 0 Å². The van der Waals surface area contributed by atoms with Crippen molar-refractivity contribution in [1.29, 1.82) is 0 Å². The predicted octanol–water partition coefficient (Wildman–Crippen LogP) is 2.29. The SMILES string of the molecule is Cc1ccc2c(c1)C(=O)N(CCC(=O)NCc1ccc(N3CCCC3)nc1)C2=O. The van der Waals surface area contributed by atoms with Crippen LogP contribution in [0.1, 0.15) is 51.1 Å². The van der Waals surface area contributed by atoms with Gasteiger partial charge in [0, 0.05) is 38.8 Å². The molecule has 0 atom stereocenters. The summed E-state index contributed by atoms with van der Waals surface area (Å²) in [5.74, 6) is 0.0995. The van der Waals surface area contributed by atoms with E-state index in [0.717, 1.165) is 34.9 Å². The Labute approximate surface area is 169 Å². The molecule has 3 amide bonds. The molecule has 1 fully saturated rings. The van der Waals surface area contributed by atoms with Crippen molar-refractivity contribution in [3.05, 3.63) is 58.8 Å². The van der Waals surface area contributed by atoms with E-state index in [1.54, 1.807) is 18.3 Å². The third-order valence-corrected chi connectivity index (χ3v) is 5.42. The van der Waals surface area contributed by atoms with E-state index < -0.39 is 0 Å². The summed E-state index contributed by atoms with van der Waals surface area (Å²) in [4.78, 5) is 44.9. The van der Waals surface area contributed by atoms with E-state index >= 15 is 0 Å². The van der Waals surface area contributed by atoms with Gasteiger partial charge in [0.15, 0.2) is 0 Å². The zero-order valence-corrected chi connectivity index (χ0v) is 16.5. The lowest BCUT2D eigenvalue weighted by Gasteiger charge is -2.16. The van der Waals surface area contributed by atoms with Crippen LogP contribution >= 0.6 is 0 Å². The minimum atomic E-state index is -0.334. The van der Waals surface area contributed by atoms with Gasteiger partial charge in [0.2, 0.25) is 5.91 Å². The van der Waals surface area contributed by atoms with Crippen LogP contribution in [0.25, 0.3) is 0 Å². The maximum absolute atomic E-state index is 12.5. The van der Waals surface area contributed by atoms with Crippen molar-refractivity contribution >= 4 is 23.5 Å². The van der Waals surface area contributed by atoms with Gasteiger partial charge in [-0.1, -0.05) is 17.7 Å². The van der Waals surface area contributed by atoms with E-state index in [-0.39, 0.29) is 30.7 Å². The molecule has 1 aromatic carbocycles. The van der Waals surface area contributed by atoms with Crippen molar-refractivity contribution in [3.8, 4) is 0 Å². The number of anilines is 1. The number of carbonyl (C=O) groups is 3. The van der Waals surface area contributed by atoms with Crippen molar-refractivity contribution in [2.75, 3.05) is 24.5 Å². The first kappa shape index (κ1) is 19.1. The van der Waals surface area contributed by atoms with E-state index in [4.69, 9.17) is 0 Å². The molecule has 0 radical (unpaired) electrons. The van der Waals surface area contributed by atoms with Gasteiger partial charge < -0.3 is 10.2 Å². The summed E-state index contributed by atoms with van der Waals surface area (Å²) in [5.41, 5.74) is 2.66. The fourth-order valence-corrected chi connectivity index (χ4v) is 3.76. The largest absolute Gasteiger partial charge is 0.357 e. The summed E-state index contributed by atoms with van der Waals surface area (Å²) in [6, 6.07) is 9.14. The number of imide groups is 1. The Balaban J connectivity index is 1.27. The fraction of sp³-hybridized carbons (Fsp3) is 0.364. The first-order valence-electron chi connectivity index (χ1n) is 9.96. The van der Waals surface area contributed by atoms with Crippen LogP contribution in [0.4, 0.5) is 5.82 Å². The molecule has 150 valence electrons. The standard InChI is InChI=1S/C22H24N4O3/c1-15-4-6-17-18(12-15)22(29)26(21(17)28)11-8-20(27)24-14-16-5-7-19(23-13-16)25-9-2-3-10-25/h4-7,12-13H,2-3,8-11,14H2,1H3,(H,24,27). The number of nitrogens with one attached hydrogen (secondary N) is 1. The van der Waals surface area contributed by atoms with Crippen molar-refractivity contribution < 1.29 is 14.4 Å². The minimum absolute atomic E-state index is 0.0728. The molecule has 0 aliphatic carbocycles. The second kappa shape index (κ2) is 8.03. The lowest BCUT2D eigenvalue weighted by molar-refractivity contribution is -0.121. The number of hydrogen-bond acceptors (Lipinski definition) is 5. The number of amides is 3. The summed E-state index contributed by atoms with van der Waals surface area (Å²) in [6.45, 7) is 4.40. The van der Waals surface area contributed by atoms with Gasteiger partial charge in [0.1, 0.15) is 5.82 Å². The zero-order chi connectivity index (χ0) is 20.4. The van der Waals surface area contributed by atoms with Crippen LogP contribution in [0.3, 0.4) is 0 Å². The van der Waals surface area contributed by atoms with Crippen molar-refractivity contribution in [2.24, 2.45) is 0 Å². The number of aryl methyl sites for hydroxylation is 1. The van der Waals surface area contributed by atoms with E-state index in [1.807, 2.05) is 25.1 Å². The van der Waals surface area contributed by atoms with Gasteiger partial charge in [-0.2, -0.15) is 0 Å². The lowest BCUT2D eigenvalue weighted by atomic mass is 10.1. The van der Waals surface area contributed by atoms with Crippen LogP contribution in [-0.4, -0.2) is 47.2 Å². The average molecular weight is 392 g/mol. The Hall–Kier alpha value is -3.22. The van der Waals surface area contributed by atoms with Gasteiger partial charge in [0.05, 0.1) is 11.1 Å². The summed E-state index contributed by atoms with van der Waals surface area (Å²) in [5, 5.41) is 2.83. The lowest BCUT2D eigenvalue weighted by Crippen LogP contribution is -2.34. The number of rotatable bonds is 6. The topological polar surface area (TPSA) is 82.6 Å². The van der Waals surface area contributed by atoms with Gasteiger partial charge in [-0.15, -0.1) is 0 Å². The average Bonchev–Trinajstić information content (AvgIpc) is 3.34. The highest BCUT2D eigenvalue weighted by Gasteiger charge is 2.35. The van der Waals surface area contributed by atoms with Gasteiger partial charge in [-0.25, -0.2) is 4.98 Å². The molecule has 2 aliphatic heterocycles. The van der Waals surface area contributed by atoms with E-state index in [1.165, 1.54) is 12.8 Å². The van der Waals surface area contributed by atoms with Crippen LogP contribution in [0, 0.1) is 6.92 Å². The summed E-state index contributed by atoms with van der Waals surface area (Å²) < 4.78 is 0. The normalized spacial score (nSPS) is 15.8. The van der Waals surface area contributed by atoms with Crippen molar-refractivity contribution in [2.45, 2.75) is 32.7 Å². The third kappa shape index (κ3) is 3.99. The number of fused-ring (bicyclic) bond motifs is 1. The molecule has 1 aromatic heterocycles. The monoisotopic (exact) mass is 392 g/mol. The molecule has 0 bridgehead atoms.